The summed E-state index contributed by atoms with van der Waals surface area (Å²) in [6, 6.07) is 6.02. The normalized spacial score (nSPS) is 11.9. The number of carbonyl (C=O) groups excluding carboxylic acids is 1. The average molecular weight is 273 g/mol. The minimum Gasteiger partial charge on any atom is -0.479 e. The van der Waals surface area contributed by atoms with Gasteiger partial charge in [-0.05, 0) is 12.1 Å². The third-order valence-corrected chi connectivity index (χ3v) is 3.02. The Balaban J connectivity index is 2.34. The highest BCUT2D eigenvalue weighted by atomic mass is 32.2. The molecule has 1 atom stereocenters. The molecule has 1 unspecified atom stereocenters. The molecule has 98 valence electrons. The third-order valence-electron chi connectivity index (χ3n) is 1.97. The van der Waals surface area contributed by atoms with Crippen molar-refractivity contribution in [3.8, 4) is 0 Å². The number of carbonyl (C=O) groups is 2. The van der Waals surface area contributed by atoms with Crippen LogP contribution in [-0.2, 0) is 9.59 Å². The van der Waals surface area contributed by atoms with E-state index in [0.717, 1.165) is 11.8 Å². The van der Waals surface area contributed by atoms with Gasteiger partial charge in [-0.25, -0.2) is 9.18 Å². The lowest BCUT2D eigenvalue weighted by Gasteiger charge is -2.07. The van der Waals surface area contributed by atoms with Crippen LogP contribution in [0.2, 0.25) is 0 Å². The second-order valence-electron chi connectivity index (χ2n) is 3.38. The van der Waals surface area contributed by atoms with E-state index < -0.39 is 23.8 Å². The fourth-order valence-electron chi connectivity index (χ4n) is 1.05. The number of amides is 1. The SMILES string of the molecule is O=C(CSc1ccccc1F)NCC(O)C(=O)O. The topological polar surface area (TPSA) is 86.6 Å². The van der Waals surface area contributed by atoms with Crippen LogP contribution in [0.3, 0.4) is 0 Å². The summed E-state index contributed by atoms with van der Waals surface area (Å²) in [6.45, 7) is -0.369. The predicted molar refractivity (Wildman–Crippen MR) is 63.8 cm³/mol. The number of hydrogen-bond donors (Lipinski definition) is 3. The Hall–Kier alpha value is -1.60. The van der Waals surface area contributed by atoms with Gasteiger partial charge in [-0.1, -0.05) is 12.1 Å². The second-order valence-corrected chi connectivity index (χ2v) is 4.39. The minimum absolute atomic E-state index is 0.0483. The largest absolute Gasteiger partial charge is 0.479 e. The average Bonchev–Trinajstić information content (AvgIpc) is 2.34. The van der Waals surface area contributed by atoms with Crippen LogP contribution < -0.4 is 5.32 Å². The van der Waals surface area contributed by atoms with Crippen LogP contribution in [-0.4, -0.2) is 40.5 Å². The summed E-state index contributed by atoms with van der Waals surface area (Å²) >= 11 is 0.999. The van der Waals surface area contributed by atoms with Crippen molar-refractivity contribution in [2.24, 2.45) is 0 Å². The molecule has 5 nitrogen and oxygen atoms in total. The number of thioether (sulfide) groups is 1. The summed E-state index contributed by atoms with van der Waals surface area (Å²) in [6.07, 6.45) is -1.63. The number of nitrogens with one attached hydrogen (secondary N) is 1. The van der Waals surface area contributed by atoms with Crippen molar-refractivity contribution >= 4 is 23.6 Å². The first-order chi connectivity index (χ1) is 8.50. The van der Waals surface area contributed by atoms with Crippen molar-refractivity contribution in [2.45, 2.75) is 11.0 Å². The number of rotatable bonds is 6. The van der Waals surface area contributed by atoms with Gasteiger partial charge in [0.2, 0.25) is 5.91 Å². The fraction of sp³-hybridized carbons (Fsp3) is 0.273. The highest BCUT2D eigenvalue weighted by molar-refractivity contribution is 8.00. The van der Waals surface area contributed by atoms with Gasteiger partial charge in [-0.15, -0.1) is 11.8 Å². The number of carboxylic acid groups (broad SMARTS) is 1. The molecule has 0 bridgehead atoms. The Morgan fingerprint density at radius 3 is 2.67 bits per heavy atom. The van der Waals surface area contributed by atoms with E-state index in [2.05, 4.69) is 5.32 Å². The molecule has 0 aliphatic carbocycles. The van der Waals surface area contributed by atoms with Crippen molar-refractivity contribution in [2.75, 3.05) is 12.3 Å². The summed E-state index contributed by atoms with van der Waals surface area (Å²) in [7, 11) is 0. The molecule has 7 heteroatoms. The molecular weight excluding hydrogens is 261 g/mol. The number of halogens is 1. The molecule has 0 heterocycles. The number of aliphatic hydroxyl groups is 1. The van der Waals surface area contributed by atoms with Crippen molar-refractivity contribution in [1.82, 2.24) is 5.32 Å². The molecule has 0 aliphatic heterocycles. The van der Waals surface area contributed by atoms with Gasteiger partial charge in [0.25, 0.3) is 0 Å². The molecule has 0 aliphatic rings. The van der Waals surface area contributed by atoms with Gasteiger partial charge in [0, 0.05) is 4.90 Å². The monoisotopic (exact) mass is 273 g/mol. The lowest BCUT2D eigenvalue weighted by atomic mass is 10.3. The molecule has 0 fully saturated rings. The van der Waals surface area contributed by atoms with Gasteiger partial charge < -0.3 is 15.5 Å². The highest BCUT2D eigenvalue weighted by Crippen LogP contribution is 2.20. The maximum absolute atomic E-state index is 13.2. The van der Waals surface area contributed by atoms with Crippen LogP contribution in [0.4, 0.5) is 4.39 Å². The van der Waals surface area contributed by atoms with Crippen molar-refractivity contribution in [3.05, 3.63) is 30.1 Å². The third kappa shape index (κ3) is 4.72. The predicted octanol–water partition coefficient (Wildman–Crippen LogP) is 0.479. The van der Waals surface area contributed by atoms with E-state index in [-0.39, 0.29) is 12.3 Å². The molecule has 0 radical (unpaired) electrons. The van der Waals surface area contributed by atoms with Gasteiger partial charge in [0.05, 0.1) is 12.3 Å². The van der Waals surface area contributed by atoms with E-state index in [1.807, 2.05) is 0 Å². The number of benzene rings is 1. The van der Waals surface area contributed by atoms with Crippen LogP contribution in [0.25, 0.3) is 0 Å². The lowest BCUT2D eigenvalue weighted by Crippen LogP contribution is -2.37. The molecule has 18 heavy (non-hydrogen) atoms. The molecule has 0 spiro atoms. The first-order valence-electron chi connectivity index (χ1n) is 5.05. The van der Waals surface area contributed by atoms with E-state index in [9.17, 15) is 14.0 Å². The molecule has 1 amide bonds. The van der Waals surface area contributed by atoms with Crippen LogP contribution in [0.1, 0.15) is 0 Å². The van der Waals surface area contributed by atoms with Gasteiger partial charge in [0.15, 0.2) is 6.10 Å². The first-order valence-corrected chi connectivity index (χ1v) is 6.04. The Labute approximate surface area is 107 Å². The molecule has 0 saturated carbocycles. The Morgan fingerprint density at radius 2 is 2.06 bits per heavy atom. The van der Waals surface area contributed by atoms with Gasteiger partial charge in [-0.2, -0.15) is 0 Å². The van der Waals surface area contributed by atoms with E-state index in [4.69, 9.17) is 10.2 Å². The van der Waals surface area contributed by atoms with E-state index in [1.165, 1.54) is 6.07 Å². The number of carboxylic acids is 1. The van der Waals surface area contributed by atoms with E-state index in [0.29, 0.717) is 4.90 Å². The van der Waals surface area contributed by atoms with Crippen molar-refractivity contribution in [1.29, 1.82) is 0 Å². The summed E-state index contributed by atoms with van der Waals surface area (Å²) in [5.41, 5.74) is 0. The zero-order valence-corrected chi connectivity index (χ0v) is 10.1. The molecule has 1 aromatic carbocycles. The maximum atomic E-state index is 13.2. The number of aliphatic hydroxyl groups excluding tert-OH is 1. The van der Waals surface area contributed by atoms with Gasteiger partial charge in [0.1, 0.15) is 5.82 Å². The summed E-state index contributed by atoms with van der Waals surface area (Å²) in [4.78, 5) is 21.9. The Kier molecular flexibility index (Phi) is 5.60. The second kappa shape index (κ2) is 6.97. The van der Waals surface area contributed by atoms with Crippen LogP contribution in [0.15, 0.2) is 29.2 Å². The van der Waals surface area contributed by atoms with Gasteiger partial charge >= 0.3 is 5.97 Å². The molecule has 0 aromatic heterocycles. The molecule has 0 saturated heterocycles. The number of aliphatic carboxylic acids is 1. The quantitative estimate of drug-likeness (QED) is 0.656. The summed E-state index contributed by atoms with van der Waals surface area (Å²) < 4.78 is 13.2. The summed E-state index contributed by atoms with van der Waals surface area (Å²) in [5.74, 6) is -2.34. The maximum Gasteiger partial charge on any atom is 0.334 e. The fourth-order valence-corrected chi connectivity index (χ4v) is 1.82. The van der Waals surface area contributed by atoms with E-state index in [1.54, 1.807) is 18.2 Å². The summed E-state index contributed by atoms with van der Waals surface area (Å²) in [5, 5.41) is 19.5. The van der Waals surface area contributed by atoms with Crippen molar-refractivity contribution in [3.63, 3.8) is 0 Å². The van der Waals surface area contributed by atoms with Crippen LogP contribution >= 0.6 is 11.8 Å². The van der Waals surface area contributed by atoms with Crippen molar-refractivity contribution < 1.29 is 24.2 Å². The molecular formula is C11H12FNO4S. The zero-order valence-electron chi connectivity index (χ0n) is 9.30. The molecule has 3 N–H and O–H groups in total. The van der Waals surface area contributed by atoms with Crippen LogP contribution in [0.5, 0.6) is 0 Å². The first kappa shape index (κ1) is 14.5. The smallest absolute Gasteiger partial charge is 0.334 e. The van der Waals surface area contributed by atoms with E-state index >= 15 is 0 Å². The Bertz CT molecular complexity index is 441. The minimum atomic E-state index is -1.63. The molecule has 1 rings (SSSR count). The highest BCUT2D eigenvalue weighted by Gasteiger charge is 2.14. The van der Waals surface area contributed by atoms with Gasteiger partial charge in [-0.3, -0.25) is 4.79 Å². The zero-order chi connectivity index (χ0) is 13.5. The number of hydrogen-bond acceptors (Lipinski definition) is 4. The standard InChI is InChI=1S/C11H12FNO4S/c12-7-3-1-2-4-9(7)18-6-10(15)13-5-8(14)11(16)17/h1-4,8,14H,5-6H2,(H,13,15)(H,16,17). The molecule has 1 aromatic rings. The lowest BCUT2D eigenvalue weighted by molar-refractivity contribution is -0.146. The Morgan fingerprint density at radius 1 is 1.39 bits per heavy atom. The van der Waals surface area contributed by atoms with Crippen LogP contribution in [0, 0.1) is 5.82 Å².